The van der Waals surface area contributed by atoms with Crippen LogP contribution in [0.3, 0.4) is 0 Å². The second kappa shape index (κ2) is 6.77. The summed E-state index contributed by atoms with van der Waals surface area (Å²) < 4.78 is 44.6. The standard InChI is InChI=1S/C13H17F3O3/c1-9(8-18-2)12(17)7-10-3-5-11(6-4-10)19-13(14,15)16/h3-6,9,12,17H,7-8H2,1-2H3. The number of benzene rings is 1. The maximum absolute atomic E-state index is 12.0. The predicted octanol–water partition coefficient (Wildman–Crippen LogP) is 2.77. The van der Waals surface area contributed by atoms with E-state index in [-0.39, 0.29) is 11.7 Å². The van der Waals surface area contributed by atoms with Crippen LogP contribution in [-0.2, 0) is 11.2 Å². The molecule has 1 rings (SSSR count). The van der Waals surface area contributed by atoms with Crippen LogP contribution in [0.25, 0.3) is 0 Å². The molecule has 0 spiro atoms. The molecule has 0 fully saturated rings. The van der Waals surface area contributed by atoms with Crippen molar-refractivity contribution in [2.45, 2.75) is 25.8 Å². The number of hydrogen-bond acceptors (Lipinski definition) is 3. The molecule has 0 aromatic heterocycles. The van der Waals surface area contributed by atoms with E-state index in [0.29, 0.717) is 13.0 Å². The monoisotopic (exact) mass is 278 g/mol. The minimum Gasteiger partial charge on any atom is -0.406 e. The molecule has 0 bridgehead atoms. The Labute approximate surface area is 110 Å². The Kier molecular flexibility index (Phi) is 5.62. The Morgan fingerprint density at radius 3 is 2.26 bits per heavy atom. The van der Waals surface area contributed by atoms with Gasteiger partial charge in [0.15, 0.2) is 0 Å². The zero-order valence-corrected chi connectivity index (χ0v) is 10.8. The van der Waals surface area contributed by atoms with Gasteiger partial charge in [0.05, 0.1) is 12.7 Å². The normalized spacial score (nSPS) is 15.1. The van der Waals surface area contributed by atoms with E-state index in [1.807, 2.05) is 6.92 Å². The molecule has 1 N–H and O–H groups in total. The summed E-state index contributed by atoms with van der Waals surface area (Å²) in [5.74, 6) is -0.313. The quantitative estimate of drug-likeness (QED) is 0.869. The Balaban J connectivity index is 2.57. The highest BCUT2D eigenvalue weighted by Crippen LogP contribution is 2.23. The molecule has 0 heterocycles. The van der Waals surface area contributed by atoms with E-state index in [4.69, 9.17) is 4.74 Å². The highest BCUT2D eigenvalue weighted by molar-refractivity contribution is 5.27. The van der Waals surface area contributed by atoms with Crippen molar-refractivity contribution < 1.29 is 27.8 Å². The van der Waals surface area contributed by atoms with Crippen molar-refractivity contribution in [3.8, 4) is 5.75 Å². The highest BCUT2D eigenvalue weighted by Gasteiger charge is 2.30. The fraction of sp³-hybridized carbons (Fsp3) is 0.538. The Morgan fingerprint density at radius 1 is 1.21 bits per heavy atom. The van der Waals surface area contributed by atoms with Crippen LogP contribution in [0.15, 0.2) is 24.3 Å². The van der Waals surface area contributed by atoms with Gasteiger partial charge in [0, 0.05) is 13.0 Å². The fourth-order valence-corrected chi connectivity index (χ4v) is 1.64. The second-order valence-electron chi connectivity index (χ2n) is 4.40. The van der Waals surface area contributed by atoms with Gasteiger partial charge >= 0.3 is 6.36 Å². The molecule has 1 aromatic carbocycles. The third kappa shape index (κ3) is 5.94. The van der Waals surface area contributed by atoms with Crippen molar-refractivity contribution in [2.75, 3.05) is 13.7 Å². The SMILES string of the molecule is COCC(C)C(O)Cc1ccc(OC(F)(F)F)cc1. The van der Waals surface area contributed by atoms with E-state index < -0.39 is 12.5 Å². The van der Waals surface area contributed by atoms with Gasteiger partial charge in [-0.05, 0) is 24.1 Å². The Hall–Kier alpha value is -1.27. The Bertz CT molecular complexity index is 376. The molecule has 108 valence electrons. The largest absolute Gasteiger partial charge is 0.573 e. The van der Waals surface area contributed by atoms with Crippen molar-refractivity contribution in [1.29, 1.82) is 0 Å². The highest BCUT2D eigenvalue weighted by atomic mass is 19.4. The minimum atomic E-state index is -4.69. The molecule has 0 saturated heterocycles. The lowest BCUT2D eigenvalue weighted by Crippen LogP contribution is -2.24. The maximum Gasteiger partial charge on any atom is 0.573 e. The van der Waals surface area contributed by atoms with E-state index >= 15 is 0 Å². The summed E-state index contributed by atoms with van der Waals surface area (Å²) in [6.07, 6.45) is -4.93. The molecule has 3 nitrogen and oxygen atoms in total. The minimum absolute atomic E-state index is 0.0453. The summed E-state index contributed by atoms with van der Waals surface area (Å²) in [7, 11) is 1.55. The van der Waals surface area contributed by atoms with Crippen molar-refractivity contribution in [3.63, 3.8) is 0 Å². The molecule has 0 aliphatic carbocycles. The van der Waals surface area contributed by atoms with Crippen molar-refractivity contribution >= 4 is 0 Å². The van der Waals surface area contributed by atoms with E-state index in [9.17, 15) is 18.3 Å². The van der Waals surface area contributed by atoms with Gasteiger partial charge in [-0.15, -0.1) is 13.2 Å². The number of hydrogen-bond donors (Lipinski definition) is 1. The first kappa shape index (κ1) is 15.8. The van der Waals surface area contributed by atoms with Crippen molar-refractivity contribution in [3.05, 3.63) is 29.8 Å². The van der Waals surface area contributed by atoms with Gasteiger partial charge in [-0.3, -0.25) is 0 Å². The van der Waals surface area contributed by atoms with Crippen LogP contribution in [0.4, 0.5) is 13.2 Å². The van der Waals surface area contributed by atoms with E-state index in [0.717, 1.165) is 5.56 Å². The average Bonchev–Trinajstić information content (AvgIpc) is 2.30. The molecule has 0 saturated carbocycles. The first-order chi connectivity index (χ1) is 8.81. The summed E-state index contributed by atoms with van der Waals surface area (Å²) in [6.45, 7) is 2.27. The van der Waals surface area contributed by atoms with Gasteiger partial charge in [-0.2, -0.15) is 0 Å². The van der Waals surface area contributed by atoms with Crippen LogP contribution in [0.5, 0.6) is 5.75 Å². The van der Waals surface area contributed by atoms with Crippen LogP contribution in [0, 0.1) is 5.92 Å². The fourth-order valence-electron chi connectivity index (χ4n) is 1.64. The van der Waals surface area contributed by atoms with E-state index in [1.165, 1.54) is 24.3 Å². The predicted molar refractivity (Wildman–Crippen MR) is 63.9 cm³/mol. The van der Waals surface area contributed by atoms with Crippen LogP contribution in [0.1, 0.15) is 12.5 Å². The van der Waals surface area contributed by atoms with Gasteiger partial charge in [0.25, 0.3) is 0 Å². The molecule has 0 amide bonds. The molecule has 0 radical (unpaired) electrons. The second-order valence-corrected chi connectivity index (χ2v) is 4.40. The molecule has 6 heteroatoms. The van der Waals surface area contributed by atoms with Crippen LogP contribution in [-0.4, -0.2) is 31.3 Å². The summed E-state index contributed by atoms with van der Waals surface area (Å²) in [5.41, 5.74) is 0.741. The molecular weight excluding hydrogens is 261 g/mol. The van der Waals surface area contributed by atoms with Crippen molar-refractivity contribution in [1.82, 2.24) is 0 Å². The lowest BCUT2D eigenvalue weighted by Gasteiger charge is -2.18. The number of aliphatic hydroxyl groups excluding tert-OH is 1. The number of aliphatic hydroxyl groups is 1. The van der Waals surface area contributed by atoms with Gasteiger partial charge in [0.1, 0.15) is 5.75 Å². The number of halogens is 3. The summed E-state index contributed by atoms with van der Waals surface area (Å²) >= 11 is 0. The molecular formula is C13H17F3O3. The molecule has 0 aliphatic rings. The third-order valence-corrected chi connectivity index (χ3v) is 2.69. The first-order valence-corrected chi connectivity index (χ1v) is 5.83. The van der Waals surface area contributed by atoms with Gasteiger partial charge in [-0.1, -0.05) is 19.1 Å². The molecule has 2 unspecified atom stereocenters. The van der Waals surface area contributed by atoms with Crippen LogP contribution < -0.4 is 4.74 Å². The summed E-state index contributed by atoms with van der Waals surface area (Å²) in [5, 5.41) is 9.87. The smallest absolute Gasteiger partial charge is 0.406 e. The van der Waals surface area contributed by atoms with Crippen LogP contribution in [0.2, 0.25) is 0 Å². The lowest BCUT2D eigenvalue weighted by atomic mass is 9.98. The van der Waals surface area contributed by atoms with Gasteiger partial charge in [0.2, 0.25) is 0 Å². The number of ether oxygens (including phenoxy) is 2. The Morgan fingerprint density at radius 2 is 1.79 bits per heavy atom. The van der Waals surface area contributed by atoms with Crippen molar-refractivity contribution in [2.24, 2.45) is 5.92 Å². The molecule has 2 atom stereocenters. The third-order valence-electron chi connectivity index (χ3n) is 2.69. The molecule has 1 aromatic rings. The van der Waals surface area contributed by atoms with Crippen LogP contribution >= 0.6 is 0 Å². The van der Waals surface area contributed by atoms with Gasteiger partial charge in [-0.25, -0.2) is 0 Å². The average molecular weight is 278 g/mol. The zero-order valence-electron chi connectivity index (χ0n) is 10.8. The lowest BCUT2D eigenvalue weighted by molar-refractivity contribution is -0.274. The topological polar surface area (TPSA) is 38.7 Å². The van der Waals surface area contributed by atoms with E-state index in [1.54, 1.807) is 7.11 Å². The molecule has 0 aliphatic heterocycles. The first-order valence-electron chi connectivity index (χ1n) is 5.83. The zero-order chi connectivity index (χ0) is 14.5. The number of methoxy groups -OCH3 is 1. The number of alkyl halides is 3. The maximum atomic E-state index is 12.0. The summed E-state index contributed by atoms with van der Waals surface area (Å²) in [6, 6.07) is 5.47. The summed E-state index contributed by atoms with van der Waals surface area (Å²) in [4.78, 5) is 0. The van der Waals surface area contributed by atoms with E-state index in [2.05, 4.69) is 4.74 Å². The van der Waals surface area contributed by atoms with Gasteiger partial charge < -0.3 is 14.6 Å². The number of rotatable bonds is 6. The molecule has 19 heavy (non-hydrogen) atoms.